The molecule has 8 heteroatoms. The fourth-order valence-corrected chi connectivity index (χ4v) is 4.26. The normalized spacial score (nSPS) is 13.1. The second-order valence-electron chi connectivity index (χ2n) is 8.52. The molecule has 1 fully saturated rings. The summed E-state index contributed by atoms with van der Waals surface area (Å²) in [5.74, 6) is 0.438. The summed E-state index contributed by atoms with van der Waals surface area (Å²) in [4.78, 5) is 24.9. The molecule has 1 N–H and O–H groups in total. The Kier molecular flexibility index (Phi) is 5.48. The van der Waals surface area contributed by atoms with Crippen molar-refractivity contribution in [2.75, 3.05) is 6.61 Å². The lowest BCUT2D eigenvalue weighted by atomic mass is 9.99. The van der Waals surface area contributed by atoms with Gasteiger partial charge >= 0.3 is 0 Å². The van der Waals surface area contributed by atoms with E-state index < -0.39 is 0 Å². The second-order valence-corrected chi connectivity index (χ2v) is 8.52. The van der Waals surface area contributed by atoms with E-state index in [0.717, 1.165) is 35.2 Å². The average molecular weight is 454 g/mol. The molecular weight excluding hydrogens is 430 g/mol. The van der Waals surface area contributed by atoms with Crippen LogP contribution in [-0.4, -0.2) is 30.6 Å². The summed E-state index contributed by atoms with van der Waals surface area (Å²) >= 11 is 0. The van der Waals surface area contributed by atoms with E-state index in [2.05, 4.69) is 11.2 Å². The smallest absolute Gasteiger partial charge is 0.251 e. The minimum absolute atomic E-state index is 0.137. The van der Waals surface area contributed by atoms with Crippen molar-refractivity contribution in [3.8, 4) is 34.0 Å². The molecule has 0 atom stereocenters. The van der Waals surface area contributed by atoms with Gasteiger partial charge in [-0.05, 0) is 47.6 Å². The third kappa shape index (κ3) is 3.87. The minimum Gasteiger partial charge on any atom is -0.395 e. The maximum atomic E-state index is 12.5. The van der Waals surface area contributed by atoms with Crippen molar-refractivity contribution in [2.24, 2.45) is 7.05 Å². The van der Waals surface area contributed by atoms with Crippen LogP contribution in [0.3, 0.4) is 0 Å². The zero-order valence-electron chi connectivity index (χ0n) is 18.7. The predicted octanol–water partition coefficient (Wildman–Crippen LogP) is 2.81. The van der Waals surface area contributed by atoms with Gasteiger partial charge in [-0.15, -0.1) is 0 Å². The van der Waals surface area contributed by atoms with Gasteiger partial charge in [0.25, 0.3) is 11.1 Å². The molecule has 0 spiro atoms. The molecule has 1 saturated carbocycles. The molecule has 34 heavy (non-hydrogen) atoms. The fraction of sp³-hybridized carbons (Fsp3) is 0.231. The summed E-state index contributed by atoms with van der Waals surface area (Å²) in [6.45, 7) is 0.0681. The van der Waals surface area contributed by atoms with Gasteiger partial charge in [0.1, 0.15) is 6.07 Å². The standard InChI is InChI=1S/C26H23N5O3/c1-29-16-23(21(12-25(29)33)18-7-8-30(9-10-32)26(34)11-18)19-14-28-31(15-19)24-4-2-3-20(17-5-6-17)22(24)13-27/h2-4,7-8,11-12,14-17,32H,5-6,9-10H2,1H3. The van der Waals surface area contributed by atoms with Gasteiger partial charge in [0, 0.05) is 55.4 Å². The molecular formula is C26H23N5O3. The van der Waals surface area contributed by atoms with E-state index in [4.69, 9.17) is 5.11 Å². The maximum Gasteiger partial charge on any atom is 0.251 e. The third-order valence-corrected chi connectivity index (χ3v) is 6.22. The summed E-state index contributed by atoms with van der Waals surface area (Å²) in [7, 11) is 1.67. The highest BCUT2D eigenvalue weighted by molar-refractivity contribution is 5.82. The summed E-state index contributed by atoms with van der Waals surface area (Å²) in [5.41, 5.74) is 4.66. The van der Waals surface area contributed by atoms with Gasteiger partial charge in [-0.25, -0.2) is 4.68 Å². The molecule has 3 aromatic heterocycles. The molecule has 4 aromatic rings. The van der Waals surface area contributed by atoms with E-state index in [9.17, 15) is 14.9 Å². The van der Waals surface area contributed by atoms with Crippen molar-refractivity contribution in [3.05, 3.63) is 93.0 Å². The van der Waals surface area contributed by atoms with Gasteiger partial charge in [-0.1, -0.05) is 12.1 Å². The first kappa shape index (κ1) is 21.6. The summed E-state index contributed by atoms with van der Waals surface area (Å²) < 4.78 is 4.59. The van der Waals surface area contributed by atoms with Crippen LogP contribution in [0.15, 0.2) is 70.8 Å². The Morgan fingerprint density at radius 2 is 1.91 bits per heavy atom. The first-order valence-electron chi connectivity index (χ1n) is 11.1. The Balaban J connectivity index is 1.62. The lowest BCUT2D eigenvalue weighted by Gasteiger charge is -2.12. The van der Waals surface area contributed by atoms with E-state index in [1.807, 2.05) is 24.4 Å². The molecule has 1 aliphatic carbocycles. The molecule has 0 saturated heterocycles. The van der Waals surface area contributed by atoms with E-state index in [1.54, 1.807) is 36.4 Å². The monoisotopic (exact) mass is 453 g/mol. The zero-order valence-corrected chi connectivity index (χ0v) is 18.7. The lowest BCUT2D eigenvalue weighted by Crippen LogP contribution is -2.20. The first-order chi connectivity index (χ1) is 16.5. The Hall–Kier alpha value is -4.22. The SMILES string of the molecule is Cn1cc(-c2cnn(-c3cccc(C4CC4)c3C#N)c2)c(-c2ccn(CCO)c(=O)c2)cc1=O. The number of hydrogen-bond acceptors (Lipinski definition) is 5. The van der Waals surface area contributed by atoms with Crippen LogP contribution in [0.2, 0.25) is 0 Å². The van der Waals surface area contributed by atoms with Crippen LogP contribution in [-0.2, 0) is 13.6 Å². The third-order valence-electron chi connectivity index (χ3n) is 6.22. The molecule has 1 aliphatic rings. The number of aryl methyl sites for hydroxylation is 1. The van der Waals surface area contributed by atoms with Crippen LogP contribution in [0.1, 0.15) is 29.9 Å². The Labute approximate surface area is 195 Å². The number of benzene rings is 1. The number of aliphatic hydroxyl groups excluding tert-OH is 1. The van der Waals surface area contributed by atoms with Crippen LogP contribution in [0.25, 0.3) is 27.9 Å². The topological polar surface area (TPSA) is 106 Å². The average Bonchev–Trinajstić information content (AvgIpc) is 3.57. The highest BCUT2D eigenvalue weighted by Gasteiger charge is 2.27. The molecule has 5 rings (SSSR count). The Morgan fingerprint density at radius 1 is 1.09 bits per heavy atom. The number of nitrogens with zero attached hydrogens (tertiary/aromatic N) is 5. The van der Waals surface area contributed by atoms with Gasteiger partial charge < -0.3 is 14.2 Å². The Bertz CT molecular complexity index is 1550. The van der Waals surface area contributed by atoms with Gasteiger partial charge in [0.2, 0.25) is 0 Å². The number of hydrogen-bond donors (Lipinski definition) is 1. The molecule has 0 amide bonds. The summed E-state index contributed by atoms with van der Waals surface area (Å²) in [6.07, 6.45) is 9.07. The zero-order chi connectivity index (χ0) is 23.8. The van der Waals surface area contributed by atoms with Crippen LogP contribution < -0.4 is 11.1 Å². The fourth-order valence-electron chi connectivity index (χ4n) is 4.26. The van der Waals surface area contributed by atoms with E-state index in [0.29, 0.717) is 22.6 Å². The number of aliphatic hydroxyl groups is 1. The molecule has 0 aliphatic heterocycles. The van der Waals surface area contributed by atoms with Crippen molar-refractivity contribution in [1.82, 2.24) is 18.9 Å². The van der Waals surface area contributed by atoms with Crippen LogP contribution in [0, 0.1) is 11.3 Å². The molecule has 170 valence electrons. The second kappa shape index (κ2) is 8.61. The summed E-state index contributed by atoms with van der Waals surface area (Å²) in [6, 6.07) is 12.9. The van der Waals surface area contributed by atoms with Crippen molar-refractivity contribution in [1.29, 1.82) is 5.26 Å². The largest absolute Gasteiger partial charge is 0.395 e. The number of pyridine rings is 2. The molecule has 1 aromatic carbocycles. The van der Waals surface area contributed by atoms with Crippen molar-refractivity contribution in [2.45, 2.75) is 25.3 Å². The molecule has 0 radical (unpaired) electrons. The predicted molar refractivity (Wildman–Crippen MR) is 128 cm³/mol. The van der Waals surface area contributed by atoms with Crippen LogP contribution in [0.5, 0.6) is 0 Å². The van der Waals surface area contributed by atoms with Crippen LogP contribution in [0.4, 0.5) is 0 Å². The molecule has 8 nitrogen and oxygen atoms in total. The van der Waals surface area contributed by atoms with Gasteiger partial charge in [-0.3, -0.25) is 9.59 Å². The summed E-state index contributed by atoms with van der Waals surface area (Å²) in [5, 5.41) is 23.5. The van der Waals surface area contributed by atoms with E-state index in [-0.39, 0.29) is 24.3 Å². The van der Waals surface area contributed by atoms with Crippen molar-refractivity contribution in [3.63, 3.8) is 0 Å². The lowest BCUT2D eigenvalue weighted by molar-refractivity contribution is 0.274. The van der Waals surface area contributed by atoms with E-state index >= 15 is 0 Å². The highest BCUT2D eigenvalue weighted by Crippen LogP contribution is 2.42. The van der Waals surface area contributed by atoms with Gasteiger partial charge in [0.15, 0.2) is 0 Å². The van der Waals surface area contributed by atoms with Gasteiger partial charge in [-0.2, -0.15) is 10.4 Å². The number of aromatic nitrogens is 4. The quantitative estimate of drug-likeness (QED) is 0.483. The van der Waals surface area contributed by atoms with Crippen LogP contribution >= 0.6 is 0 Å². The minimum atomic E-state index is -0.260. The number of rotatable bonds is 6. The maximum absolute atomic E-state index is 12.5. The van der Waals surface area contributed by atoms with E-state index in [1.165, 1.54) is 21.3 Å². The van der Waals surface area contributed by atoms with Gasteiger partial charge in [0.05, 0.1) is 24.1 Å². The van der Waals surface area contributed by atoms with Crippen molar-refractivity contribution < 1.29 is 5.11 Å². The molecule has 0 unspecified atom stereocenters. The molecule has 3 heterocycles. The highest BCUT2D eigenvalue weighted by atomic mass is 16.3. The Morgan fingerprint density at radius 3 is 2.62 bits per heavy atom. The first-order valence-corrected chi connectivity index (χ1v) is 11.1. The molecule has 0 bridgehead atoms. The number of nitriles is 1. The van der Waals surface area contributed by atoms with Crippen molar-refractivity contribution >= 4 is 0 Å².